The molecule has 15 heavy (non-hydrogen) atoms. The monoisotopic (exact) mass is 209 g/mol. The van der Waals surface area contributed by atoms with E-state index in [9.17, 15) is 0 Å². The second kappa shape index (κ2) is 4.77. The van der Waals surface area contributed by atoms with Crippen LogP contribution >= 0.6 is 0 Å². The van der Waals surface area contributed by atoms with E-state index in [1.807, 2.05) is 12.5 Å². The van der Waals surface area contributed by atoms with Crippen molar-refractivity contribution in [1.82, 2.24) is 9.55 Å². The summed E-state index contributed by atoms with van der Waals surface area (Å²) in [5.41, 5.74) is 6.72. The van der Waals surface area contributed by atoms with Crippen molar-refractivity contribution in [3.05, 3.63) is 18.2 Å². The van der Waals surface area contributed by atoms with Crippen LogP contribution in [0.1, 0.15) is 25.5 Å². The molecule has 0 aliphatic heterocycles. The van der Waals surface area contributed by atoms with Crippen molar-refractivity contribution in [1.29, 1.82) is 0 Å². The van der Waals surface area contributed by atoms with Crippen LogP contribution in [0.3, 0.4) is 0 Å². The van der Waals surface area contributed by atoms with Crippen LogP contribution in [0.4, 0.5) is 0 Å². The lowest BCUT2D eigenvalue weighted by atomic mass is 9.82. The average Bonchev–Trinajstić information content (AvgIpc) is 2.63. The third kappa shape index (κ3) is 2.38. The zero-order valence-corrected chi connectivity index (χ0v) is 9.22. The SMILES string of the molecule is CCn1cncc1COC1CC(CN)C1. The van der Waals surface area contributed by atoms with Crippen LogP contribution in [-0.4, -0.2) is 22.2 Å². The molecule has 2 rings (SSSR count). The van der Waals surface area contributed by atoms with E-state index in [1.54, 1.807) is 0 Å². The fraction of sp³-hybridized carbons (Fsp3) is 0.727. The molecule has 0 aromatic carbocycles. The first-order valence-corrected chi connectivity index (χ1v) is 5.64. The average molecular weight is 209 g/mol. The maximum Gasteiger partial charge on any atom is 0.0948 e. The van der Waals surface area contributed by atoms with Crippen LogP contribution in [-0.2, 0) is 17.9 Å². The summed E-state index contributed by atoms with van der Waals surface area (Å²) >= 11 is 0. The molecule has 0 unspecified atom stereocenters. The summed E-state index contributed by atoms with van der Waals surface area (Å²) in [7, 11) is 0. The Hall–Kier alpha value is -0.870. The van der Waals surface area contributed by atoms with E-state index in [1.165, 1.54) is 0 Å². The van der Waals surface area contributed by atoms with E-state index in [2.05, 4.69) is 16.5 Å². The minimum absolute atomic E-state index is 0.416. The Labute approximate surface area is 90.4 Å². The first-order chi connectivity index (χ1) is 7.33. The molecule has 1 saturated carbocycles. The van der Waals surface area contributed by atoms with Crippen LogP contribution in [0, 0.1) is 5.92 Å². The smallest absolute Gasteiger partial charge is 0.0948 e. The topological polar surface area (TPSA) is 53.1 Å². The van der Waals surface area contributed by atoms with Gasteiger partial charge in [-0.1, -0.05) is 0 Å². The normalized spacial score (nSPS) is 25.2. The second-order valence-electron chi connectivity index (χ2n) is 4.18. The largest absolute Gasteiger partial charge is 0.372 e. The number of nitrogens with zero attached hydrogens (tertiary/aromatic N) is 2. The maximum atomic E-state index is 5.78. The van der Waals surface area contributed by atoms with Gasteiger partial charge in [-0.3, -0.25) is 0 Å². The van der Waals surface area contributed by atoms with Crippen molar-refractivity contribution < 1.29 is 4.74 Å². The van der Waals surface area contributed by atoms with Crippen LogP contribution < -0.4 is 5.73 Å². The number of aryl methyl sites for hydroxylation is 1. The molecule has 0 atom stereocenters. The van der Waals surface area contributed by atoms with Gasteiger partial charge in [-0.15, -0.1) is 0 Å². The van der Waals surface area contributed by atoms with Crippen molar-refractivity contribution in [2.75, 3.05) is 6.54 Å². The van der Waals surface area contributed by atoms with Crippen LogP contribution in [0.25, 0.3) is 0 Å². The Balaban J connectivity index is 1.75. The van der Waals surface area contributed by atoms with Crippen molar-refractivity contribution in [3.63, 3.8) is 0 Å². The quantitative estimate of drug-likeness (QED) is 0.791. The standard InChI is InChI=1S/C11H19N3O/c1-2-14-8-13-6-10(14)7-15-11-3-9(4-11)5-12/h6,8-9,11H,2-5,7,12H2,1H3. The fourth-order valence-corrected chi connectivity index (χ4v) is 1.96. The van der Waals surface area contributed by atoms with Crippen molar-refractivity contribution in [2.45, 2.75) is 39.0 Å². The molecule has 0 saturated heterocycles. The number of ether oxygens (including phenoxy) is 1. The zero-order chi connectivity index (χ0) is 10.7. The van der Waals surface area contributed by atoms with Gasteiger partial charge < -0.3 is 15.0 Å². The lowest BCUT2D eigenvalue weighted by molar-refractivity contribution is -0.0396. The molecule has 1 heterocycles. The third-order valence-corrected chi connectivity index (χ3v) is 3.13. The molecule has 1 aliphatic rings. The van der Waals surface area contributed by atoms with Gasteiger partial charge in [0.05, 0.1) is 30.9 Å². The third-order valence-electron chi connectivity index (χ3n) is 3.13. The molecule has 1 aliphatic carbocycles. The Morgan fingerprint density at radius 2 is 2.40 bits per heavy atom. The van der Waals surface area contributed by atoms with Gasteiger partial charge in [-0.25, -0.2) is 4.98 Å². The molecule has 2 N–H and O–H groups in total. The molecule has 1 fully saturated rings. The van der Waals surface area contributed by atoms with Crippen LogP contribution in [0.15, 0.2) is 12.5 Å². The molecular weight excluding hydrogens is 190 g/mol. The highest BCUT2D eigenvalue weighted by Crippen LogP contribution is 2.29. The molecule has 4 heteroatoms. The van der Waals surface area contributed by atoms with Crippen molar-refractivity contribution in [2.24, 2.45) is 11.7 Å². The summed E-state index contributed by atoms with van der Waals surface area (Å²) < 4.78 is 7.89. The van der Waals surface area contributed by atoms with Gasteiger partial charge in [0.25, 0.3) is 0 Å². The first-order valence-electron chi connectivity index (χ1n) is 5.64. The van der Waals surface area contributed by atoms with Gasteiger partial charge in [0.15, 0.2) is 0 Å². The highest BCUT2D eigenvalue weighted by atomic mass is 16.5. The summed E-state index contributed by atoms with van der Waals surface area (Å²) in [5.74, 6) is 0.686. The summed E-state index contributed by atoms with van der Waals surface area (Å²) in [6.07, 6.45) is 6.39. The first kappa shape index (κ1) is 10.6. The molecule has 1 aromatic rings. The van der Waals surface area contributed by atoms with E-state index in [0.717, 1.165) is 31.6 Å². The Morgan fingerprint density at radius 3 is 3.07 bits per heavy atom. The predicted octanol–water partition coefficient (Wildman–Crippen LogP) is 1.16. The second-order valence-corrected chi connectivity index (χ2v) is 4.18. The molecule has 0 amide bonds. The number of aromatic nitrogens is 2. The van der Waals surface area contributed by atoms with E-state index < -0.39 is 0 Å². The predicted molar refractivity (Wildman–Crippen MR) is 58.3 cm³/mol. The van der Waals surface area contributed by atoms with Crippen molar-refractivity contribution in [3.8, 4) is 0 Å². The summed E-state index contributed by atoms with van der Waals surface area (Å²) in [6, 6.07) is 0. The number of imidazole rings is 1. The fourth-order valence-electron chi connectivity index (χ4n) is 1.96. The number of rotatable bonds is 5. The molecule has 4 nitrogen and oxygen atoms in total. The Kier molecular flexibility index (Phi) is 3.38. The van der Waals surface area contributed by atoms with Crippen LogP contribution in [0.2, 0.25) is 0 Å². The number of nitrogens with two attached hydrogens (primary N) is 1. The van der Waals surface area contributed by atoms with E-state index in [0.29, 0.717) is 18.6 Å². The summed E-state index contributed by atoms with van der Waals surface area (Å²) in [6.45, 7) is 4.54. The van der Waals surface area contributed by atoms with Gasteiger partial charge in [0.1, 0.15) is 0 Å². The number of hydrogen-bond donors (Lipinski definition) is 1. The molecule has 0 bridgehead atoms. The van der Waals surface area contributed by atoms with Gasteiger partial charge >= 0.3 is 0 Å². The van der Waals surface area contributed by atoms with Crippen LogP contribution in [0.5, 0.6) is 0 Å². The minimum Gasteiger partial charge on any atom is -0.372 e. The summed E-state index contributed by atoms with van der Waals surface area (Å²) in [5, 5.41) is 0. The zero-order valence-electron chi connectivity index (χ0n) is 9.22. The van der Waals surface area contributed by atoms with Gasteiger partial charge in [0, 0.05) is 6.54 Å². The molecular formula is C11H19N3O. The number of hydrogen-bond acceptors (Lipinski definition) is 3. The van der Waals surface area contributed by atoms with Gasteiger partial charge in [0.2, 0.25) is 0 Å². The van der Waals surface area contributed by atoms with E-state index >= 15 is 0 Å². The highest BCUT2D eigenvalue weighted by molar-refractivity contribution is 4.96. The summed E-state index contributed by atoms with van der Waals surface area (Å²) in [4.78, 5) is 4.11. The minimum atomic E-state index is 0.416. The Morgan fingerprint density at radius 1 is 1.60 bits per heavy atom. The molecule has 0 spiro atoms. The van der Waals surface area contributed by atoms with Crippen molar-refractivity contribution >= 4 is 0 Å². The molecule has 1 aromatic heterocycles. The van der Waals surface area contributed by atoms with Gasteiger partial charge in [-0.05, 0) is 32.2 Å². The van der Waals surface area contributed by atoms with E-state index in [4.69, 9.17) is 10.5 Å². The van der Waals surface area contributed by atoms with E-state index in [-0.39, 0.29) is 0 Å². The lowest BCUT2D eigenvalue weighted by Gasteiger charge is -2.34. The maximum absolute atomic E-state index is 5.78. The molecule has 84 valence electrons. The highest BCUT2D eigenvalue weighted by Gasteiger charge is 2.28. The molecule has 0 radical (unpaired) electrons. The van der Waals surface area contributed by atoms with Gasteiger partial charge in [-0.2, -0.15) is 0 Å². The lowest BCUT2D eigenvalue weighted by Crippen LogP contribution is -2.35. The Bertz CT molecular complexity index is 305.